The Labute approximate surface area is 155 Å². The van der Waals surface area contributed by atoms with E-state index in [0.717, 1.165) is 16.9 Å². The molecule has 0 unspecified atom stereocenters. The van der Waals surface area contributed by atoms with Crippen LogP contribution >= 0.6 is 0 Å². The first-order valence-corrected chi connectivity index (χ1v) is 8.69. The maximum Gasteiger partial charge on any atom is 0.258 e. The molecule has 5 heteroatoms. The van der Waals surface area contributed by atoms with Crippen LogP contribution in [0.5, 0.6) is 17.2 Å². The van der Waals surface area contributed by atoms with Gasteiger partial charge in [-0.15, -0.1) is 0 Å². The second-order valence-corrected chi connectivity index (χ2v) is 6.38. The molecule has 1 N–H and O–H groups in total. The van der Waals surface area contributed by atoms with Crippen molar-refractivity contribution in [3.05, 3.63) is 53.6 Å². The van der Waals surface area contributed by atoms with Gasteiger partial charge in [0, 0.05) is 5.56 Å². The van der Waals surface area contributed by atoms with E-state index in [2.05, 4.69) is 19.2 Å². The number of carbonyl (C=O) groups excluding carboxylic acids is 1. The Bertz CT molecular complexity index is 743. The highest BCUT2D eigenvalue weighted by molar-refractivity contribution is 5.78. The zero-order chi connectivity index (χ0) is 19.1. The van der Waals surface area contributed by atoms with Gasteiger partial charge in [-0.2, -0.15) is 0 Å². The number of hydrogen-bond acceptors (Lipinski definition) is 4. The first-order chi connectivity index (χ1) is 12.5. The molecule has 5 nitrogen and oxygen atoms in total. The average Bonchev–Trinajstić information content (AvgIpc) is 2.65. The molecule has 2 aromatic rings. The maximum atomic E-state index is 12.3. The minimum atomic E-state index is -0.239. The van der Waals surface area contributed by atoms with Gasteiger partial charge < -0.3 is 19.5 Å². The van der Waals surface area contributed by atoms with Crippen molar-refractivity contribution in [1.29, 1.82) is 0 Å². The fourth-order valence-corrected chi connectivity index (χ4v) is 2.77. The molecule has 0 saturated carbocycles. The van der Waals surface area contributed by atoms with Crippen LogP contribution in [0.15, 0.2) is 42.5 Å². The van der Waals surface area contributed by atoms with Crippen molar-refractivity contribution in [2.75, 3.05) is 20.8 Å². The Hall–Kier alpha value is -2.69. The highest BCUT2D eigenvalue weighted by atomic mass is 16.5. The predicted octanol–water partition coefficient (Wildman–Crippen LogP) is 4.08. The zero-order valence-electron chi connectivity index (χ0n) is 16.0. The van der Waals surface area contributed by atoms with Crippen molar-refractivity contribution in [3.63, 3.8) is 0 Å². The Balaban J connectivity index is 2.02. The summed E-state index contributed by atoms with van der Waals surface area (Å²) in [6.45, 7) is 6.05. The lowest BCUT2D eigenvalue weighted by Gasteiger charge is -2.19. The number of amides is 1. The second-order valence-electron chi connectivity index (χ2n) is 6.38. The molecule has 2 rings (SSSR count). The number of hydrogen-bond donors (Lipinski definition) is 1. The summed E-state index contributed by atoms with van der Waals surface area (Å²) in [6.07, 6.45) is 0. The summed E-state index contributed by atoms with van der Waals surface area (Å²) in [5.41, 5.74) is 1.94. The Kier molecular flexibility index (Phi) is 6.89. The van der Waals surface area contributed by atoms with Crippen LogP contribution in [0.3, 0.4) is 0 Å². The molecular weight excluding hydrogens is 330 g/mol. The third kappa shape index (κ3) is 4.91. The summed E-state index contributed by atoms with van der Waals surface area (Å²) in [5.74, 6) is 2.29. The zero-order valence-corrected chi connectivity index (χ0v) is 16.0. The largest absolute Gasteiger partial charge is 0.497 e. The first-order valence-electron chi connectivity index (χ1n) is 8.69. The molecular formula is C21H27NO4. The summed E-state index contributed by atoms with van der Waals surface area (Å²) in [5, 5.41) is 2.94. The molecule has 1 atom stereocenters. The van der Waals surface area contributed by atoms with Gasteiger partial charge in [-0.25, -0.2) is 0 Å². The molecule has 0 radical (unpaired) electrons. The van der Waals surface area contributed by atoms with Crippen LogP contribution < -0.4 is 19.5 Å². The van der Waals surface area contributed by atoms with Gasteiger partial charge >= 0.3 is 0 Å². The number of benzene rings is 2. The SMILES string of the molecule is COc1ccc(OC)c([C@@H](C)NC(=O)COc2ccccc2C(C)C)c1. The van der Waals surface area contributed by atoms with Crippen molar-refractivity contribution in [2.24, 2.45) is 0 Å². The van der Waals surface area contributed by atoms with Crippen molar-refractivity contribution in [1.82, 2.24) is 5.32 Å². The fourth-order valence-electron chi connectivity index (χ4n) is 2.77. The van der Waals surface area contributed by atoms with E-state index in [4.69, 9.17) is 14.2 Å². The fraction of sp³-hybridized carbons (Fsp3) is 0.381. The number of ether oxygens (including phenoxy) is 3. The average molecular weight is 357 g/mol. The van der Waals surface area contributed by atoms with E-state index in [1.165, 1.54) is 0 Å². The first kappa shape index (κ1) is 19.6. The topological polar surface area (TPSA) is 56.8 Å². The quantitative estimate of drug-likeness (QED) is 0.773. The van der Waals surface area contributed by atoms with Crippen molar-refractivity contribution in [2.45, 2.75) is 32.7 Å². The van der Waals surface area contributed by atoms with Gasteiger partial charge in [0.05, 0.1) is 20.3 Å². The molecule has 26 heavy (non-hydrogen) atoms. The number of rotatable bonds is 8. The van der Waals surface area contributed by atoms with E-state index >= 15 is 0 Å². The molecule has 140 valence electrons. The third-order valence-corrected chi connectivity index (χ3v) is 4.18. The van der Waals surface area contributed by atoms with E-state index in [-0.39, 0.29) is 18.6 Å². The molecule has 0 aliphatic heterocycles. The van der Waals surface area contributed by atoms with Gasteiger partial charge in [0.1, 0.15) is 17.2 Å². The maximum absolute atomic E-state index is 12.3. The molecule has 0 aromatic heterocycles. The van der Waals surface area contributed by atoms with Gasteiger partial charge in [0.15, 0.2) is 6.61 Å². The summed E-state index contributed by atoms with van der Waals surface area (Å²) in [4.78, 5) is 12.3. The van der Waals surface area contributed by atoms with E-state index in [1.807, 2.05) is 49.4 Å². The molecule has 0 saturated heterocycles. The molecule has 0 heterocycles. The summed E-state index contributed by atoms with van der Waals surface area (Å²) in [7, 11) is 3.21. The molecule has 0 aliphatic rings. The number of nitrogens with one attached hydrogen (secondary N) is 1. The molecule has 0 aliphatic carbocycles. The lowest BCUT2D eigenvalue weighted by Crippen LogP contribution is -2.31. The smallest absolute Gasteiger partial charge is 0.258 e. The summed E-state index contributed by atoms with van der Waals surface area (Å²) >= 11 is 0. The standard InChI is InChI=1S/C21H27NO4/c1-14(2)17-8-6-7-9-20(17)26-13-21(23)22-15(3)18-12-16(24-4)10-11-19(18)25-5/h6-12,14-15H,13H2,1-5H3,(H,22,23)/t15-/m1/s1. The van der Waals surface area contributed by atoms with Crippen LogP contribution in [0.4, 0.5) is 0 Å². The highest BCUT2D eigenvalue weighted by Gasteiger charge is 2.16. The Morgan fingerprint density at radius 3 is 2.35 bits per heavy atom. The molecule has 1 amide bonds. The van der Waals surface area contributed by atoms with E-state index < -0.39 is 0 Å². The van der Waals surface area contributed by atoms with Gasteiger partial charge in [-0.3, -0.25) is 4.79 Å². The van der Waals surface area contributed by atoms with E-state index in [9.17, 15) is 4.79 Å². The highest BCUT2D eigenvalue weighted by Crippen LogP contribution is 2.29. The Morgan fingerprint density at radius 1 is 0.962 bits per heavy atom. The van der Waals surface area contributed by atoms with Crippen LogP contribution in [0.1, 0.15) is 43.9 Å². The van der Waals surface area contributed by atoms with Crippen molar-refractivity contribution in [3.8, 4) is 17.2 Å². The van der Waals surface area contributed by atoms with Crippen LogP contribution in [-0.4, -0.2) is 26.7 Å². The predicted molar refractivity (Wildman–Crippen MR) is 102 cm³/mol. The van der Waals surface area contributed by atoms with Crippen LogP contribution in [-0.2, 0) is 4.79 Å². The van der Waals surface area contributed by atoms with Crippen LogP contribution in [0.25, 0.3) is 0 Å². The number of carbonyl (C=O) groups is 1. The van der Waals surface area contributed by atoms with E-state index in [1.54, 1.807) is 14.2 Å². The monoisotopic (exact) mass is 357 g/mol. The minimum absolute atomic E-state index is 0.0413. The number of para-hydroxylation sites is 1. The minimum Gasteiger partial charge on any atom is -0.497 e. The lowest BCUT2D eigenvalue weighted by molar-refractivity contribution is -0.123. The molecule has 0 spiro atoms. The van der Waals surface area contributed by atoms with Crippen molar-refractivity contribution < 1.29 is 19.0 Å². The van der Waals surface area contributed by atoms with Gasteiger partial charge in [-0.05, 0) is 42.7 Å². The normalized spacial score (nSPS) is 11.8. The molecule has 0 fully saturated rings. The molecule has 2 aromatic carbocycles. The summed E-state index contributed by atoms with van der Waals surface area (Å²) in [6, 6.07) is 13.0. The third-order valence-electron chi connectivity index (χ3n) is 4.18. The number of methoxy groups -OCH3 is 2. The summed E-state index contributed by atoms with van der Waals surface area (Å²) < 4.78 is 16.4. The van der Waals surface area contributed by atoms with Crippen molar-refractivity contribution >= 4 is 5.91 Å². The van der Waals surface area contributed by atoms with Gasteiger partial charge in [-0.1, -0.05) is 32.0 Å². The van der Waals surface area contributed by atoms with E-state index in [0.29, 0.717) is 17.4 Å². The molecule has 0 bridgehead atoms. The Morgan fingerprint density at radius 2 is 1.69 bits per heavy atom. The second kappa shape index (κ2) is 9.13. The lowest BCUT2D eigenvalue weighted by atomic mass is 10.0. The van der Waals surface area contributed by atoms with Gasteiger partial charge in [0.25, 0.3) is 5.91 Å². The van der Waals surface area contributed by atoms with Crippen LogP contribution in [0.2, 0.25) is 0 Å². The van der Waals surface area contributed by atoms with Gasteiger partial charge in [0.2, 0.25) is 0 Å². The van der Waals surface area contributed by atoms with Crippen LogP contribution in [0, 0.1) is 0 Å².